The lowest BCUT2D eigenvalue weighted by Gasteiger charge is -2.06. The van der Waals surface area contributed by atoms with Crippen molar-refractivity contribution in [2.24, 2.45) is 0 Å². The molecule has 2 rings (SSSR count). The SMILES string of the molecule is C/C(=C\OCc1ccccc1)C(=O)Nc1ccccc1. The van der Waals surface area contributed by atoms with Crippen LogP contribution in [0.4, 0.5) is 5.69 Å². The van der Waals surface area contributed by atoms with Crippen molar-refractivity contribution in [3.8, 4) is 0 Å². The lowest BCUT2D eigenvalue weighted by molar-refractivity contribution is -0.112. The van der Waals surface area contributed by atoms with Gasteiger partial charge in [-0.3, -0.25) is 4.79 Å². The van der Waals surface area contributed by atoms with E-state index in [-0.39, 0.29) is 5.91 Å². The molecule has 0 saturated heterocycles. The maximum Gasteiger partial charge on any atom is 0.254 e. The number of carbonyl (C=O) groups is 1. The summed E-state index contributed by atoms with van der Waals surface area (Å²) in [6, 6.07) is 19.2. The zero-order valence-electron chi connectivity index (χ0n) is 11.4. The van der Waals surface area contributed by atoms with Crippen molar-refractivity contribution in [2.45, 2.75) is 13.5 Å². The largest absolute Gasteiger partial charge is 0.496 e. The van der Waals surface area contributed by atoms with Crippen molar-refractivity contribution >= 4 is 11.6 Å². The van der Waals surface area contributed by atoms with Gasteiger partial charge in [-0.05, 0) is 24.6 Å². The lowest BCUT2D eigenvalue weighted by Crippen LogP contribution is -2.12. The van der Waals surface area contributed by atoms with Gasteiger partial charge in [0.2, 0.25) is 0 Å². The van der Waals surface area contributed by atoms with Crippen LogP contribution in [-0.4, -0.2) is 5.91 Å². The first kappa shape index (κ1) is 13.9. The average Bonchev–Trinajstić information content (AvgIpc) is 2.49. The quantitative estimate of drug-likeness (QED) is 0.662. The van der Waals surface area contributed by atoms with Crippen molar-refractivity contribution in [3.05, 3.63) is 78.1 Å². The molecule has 0 bridgehead atoms. The van der Waals surface area contributed by atoms with Crippen LogP contribution in [0.3, 0.4) is 0 Å². The molecule has 0 unspecified atom stereocenters. The minimum Gasteiger partial charge on any atom is -0.496 e. The predicted molar refractivity (Wildman–Crippen MR) is 80.1 cm³/mol. The van der Waals surface area contributed by atoms with E-state index < -0.39 is 0 Å². The number of rotatable bonds is 5. The zero-order chi connectivity index (χ0) is 14.2. The summed E-state index contributed by atoms with van der Waals surface area (Å²) in [6.45, 7) is 2.18. The van der Waals surface area contributed by atoms with Crippen molar-refractivity contribution < 1.29 is 9.53 Å². The highest BCUT2D eigenvalue weighted by Crippen LogP contribution is 2.08. The third-order valence-electron chi connectivity index (χ3n) is 2.74. The number of nitrogens with one attached hydrogen (secondary N) is 1. The molecular formula is C17H17NO2. The second-order valence-electron chi connectivity index (χ2n) is 4.42. The molecule has 0 radical (unpaired) electrons. The van der Waals surface area contributed by atoms with Crippen LogP contribution in [-0.2, 0) is 16.1 Å². The average molecular weight is 267 g/mol. The summed E-state index contributed by atoms with van der Waals surface area (Å²) < 4.78 is 5.42. The summed E-state index contributed by atoms with van der Waals surface area (Å²) >= 11 is 0. The van der Waals surface area contributed by atoms with Crippen LogP contribution < -0.4 is 5.32 Å². The van der Waals surface area contributed by atoms with E-state index in [4.69, 9.17) is 4.74 Å². The molecule has 102 valence electrons. The Labute approximate surface area is 118 Å². The molecule has 1 amide bonds. The Kier molecular flexibility index (Phi) is 4.95. The number of para-hydroxylation sites is 1. The first-order valence-corrected chi connectivity index (χ1v) is 6.44. The molecule has 20 heavy (non-hydrogen) atoms. The van der Waals surface area contributed by atoms with Gasteiger partial charge in [-0.15, -0.1) is 0 Å². The lowest BCUT2D eigenvalue weighted by atomic mass is 10.2. The maximum atomic E-state index is 11.9. The molecule has 1 N–H and O–H groups in total. The minimum atomic E-state index is -0.163. The molecule has 0 spiro atoms. The van der Waals surface area contributed by atoms with E-state index in [9.17, 15) is 4.79 Å². The van der Waals surface area contributed by atoms with E-state index in [1.54, 1.807) is 6.92 Å². The molecule has 0 fully saturated rings. The number of hydrogen-bond acceptors (Lipinski definition) is 2. The van der Waals surface area contributed by atoms with Gasteiger partial charge in [-0.25, -0.2) is 0 Å². The van der Waals surface area contributed by atoms with Crippen LogP contribution in [0.25, 0.3) is 0 Å². The second-order valence-corrected chi connectivity index (χ2v) is 4.42. The Balaban J connectivity index is 1.85. The van der Waals surface area contributed by atoms with Crippen LogP contribution in [0, 0.1) is 0 Å². The molecule has 0 saturated carbocycles. The maximum absolute atomic E-state index is 11.9. The molecule has 0 aliphatic carbocycles. The predicted octanol–water partition coefficient (Wildman–Crippen LogP) is 3.75. The van der Waals surface area contributed by atoms with Crippen molar-refractivity contribution in [1.29, 1.82) is 0 Å². The normalized spacial score (nSPS) is 10.9. The fourth-order valence-electron chi connectivity index (χ4n) is 1.64. The second kappa shape index (κ2) is 7.14. The van der Waals surface area contributed by atoms with E-state index >= 15 is 0 Å². The Morgan fingerprint density at radius 2 is 1.65 bits per heavy atom. The Morgan fingerprint density at radius 1 is 1.05 bits per heavy atom. The number of amides is 1. The van der Waals surface area contributed by atoms with E-state index in [2.05, 4.69) is 5.32 Å². The summed E-state index contributed by atoms with van der Waals surface area (Å²) in [5, 5.41) is 2.80. The van der Waals surface area contributed by atoms with Crippen LogP contribution in [0.5, 0.6) is 0 Å². The fourth-order valence-corrected chi connectivity index (χ4v) is 1.64. The number of anilines is 1. The van der Waals surface area contributed by atoms with Gasteiger partial charge in [0.25, 0.3) is 5.91 Å². The molecule has 0 aliphatic rings. The third-order valence-corrected chi connectivity index (χ3v) is 2.74. The van der Waals surface area contributed by atoms with Crippen molar-refractivity contribution in [3.63, 3.8) is 0 Å². The first-order valence-electron chi connectivity index (χ1n) is 6.44. The number of benzene rings is 2. The zero-order valence-corrected chi connectivity index (χ0v) is 11.4. The molecule has 2 aromatic rings. The van der Waals surface area contributed by atoms with Gasteiger partial charge in [0.15, 0.2) is 0 Å². The molecular weight excluding hydrogens is 250 g/mol. The molecule has 0 aromatic heterocycles. The van der Waals surface area contributed by atoms with Crippen LogP contribution in [0.15, 0.2) is 72.5 Å². The monoisotopic (exact) mass is 267 g/mol. The van der Waals surface area contributed by atoms with E-state index in [1.165, 1.54) is 6.26 Å². The smallest absolute Gasteiger partial charge is 0.254 e. The van der Waals surface area contributed by atoms with Crippen molar-refractivity contribution in [2.75, 3.05) is 5.32 Å². The molecule has 3 nitrogen and oxygen atoms in total. The topological polar surface area (TPSA) is 38.3 Å². The molecule has 0 aliphatic heterocycles. The molecule has 3 heteroatoms. The van der Waals surface area contributed by atoms with Gasteiger partial charge in [0.05, 0.1) is 6.26 Å². The number of hydrogen-bond donors (Lipinski definition) is 1. The Morgan fingerprint density at radius 3 is 2.30 bits per heavy atom. The summed E-state index contributed by atoms with van der Waals surface area (Å²) in [4.78, 5) is 11.9. The molecule has 0 atom stereocenters. The van der Waals surface area contributed by atoms with Crippen molar-refractivity contribution in [1.82, 2.24) is 0 Å². The van der Waals surface area contributed by atoms with Gasteiger partial charge >= 0.3 is 0 Å². The summed E-state index contributed by atoms with van der Waals surface area (Å²) in [7, 11) is 0. The fraction of sp³-hybridized carbons (Fsp3) is 0.118. The van der Waals surface area contributed by atoms with Crippen LogP contribution >= 0.6 is 0 Å². The summed E-state index contributed by atoms with van der Waals surface area (Å²) in [5.74, 6) is -0.163. The van der Waals surface area contributed by atoms with Gasteiger partial charge in [-0.1, -0.05) is 48.5 Å². The summed E-state index contributed by atoms with van der Waals surface area (Å²) in [6.07, 6.45) is 1.49. The highest BCUT2D eigenvalue weighted by molar-refractivity contribution is 6.03. The van der Waals surface area contributed by atoms with Gasteiger partial charge < -0.3 is 10.1 Å². The van der Waals surface area contributed by atoms with E-state index in [0.717, 1.165) is 11.3 Å². The van der Waals surface area contributed by atoms with Gasteiger partial charge in [0.1, 0.15) is 6.61 Å². The Hall–Kier alpha value is -2.55. The number of carbonyl (C=O) groups excluding carboxylic acids is 1. The number of ether oxygens (including phenoxy) is 1. The molecule has 2 aromatic carbocycles. The van der Waals surface area contributed by atoms with Gasteiger partial charge in [0, 0.05) is 11.3 Å². The van der Waals surface area contributed by atoms with E-state index in [1.807, 2.05) is 60.7 Å². The highest BCUT2D eigenvalue weighted by Gasteiger charge is 2.04. The first-order chi connectivity index (χ1) is 9.75. The standard InChI is InChI=1S/C17H17NO2/c1-14(12-20-13-15-8-4-2-5-9-15)17(19)18-16-10-6-3-7-11-16/h2-12H,13H2,1H3,(H,18,19)/b14-12+. The van der Waals surface area contributed by atoms with Gasteiger partial charge in [-0.2, -0.15) is 0 Å². The van der Waals surface area contributed by atoms with E-state index in [0.29, 0.717) is 12.2 Å². The Bertz CT molecular complexity index is 576. The third kappa shape index (κ3) is 4.28. The van der Waals surface area contributed by atoms with Crippen LogP contribution in [0.1, 0.15) is 12.5 Å². The minimum absolute atomic E-state index is 0.163. The molecule has 0 heterocycles. The summed E-state index contributed by atoms with van der Waals surface area (Å²) in [5.41, 5.74) is 2.37. The highest BCUT2D eigenvalue weighted by atomic mass is 16.5. The van der Waals surface area contributed by atoms with Crippen LogP contribution in [0.2, 0.25) is 0 Å².